The second kappa shape index (κ2) is 29.1. The number of hydrogen-bond donors (Lipinski definition) is 4. The van der Waals surface area contributed by atoms with Gasteiger partial charge >= 0.3 is 5.51 Å². The number of rotatable bonds is 27. The Kier molecular flexibility index (Phi) is 21.9. The molecule has 4 N–H and O–H groups in total. The fourth-order valence-electron chi connectivity index (χ4n) is 12.3. The lowest BCUT2D eigenvalue weighted by molar-refractivity contribution is -0.136. The van der Waals surface area contributed by atoms with E-state index in [4.69, 9.17) is 0 Å². The Morgan fingerprint density at radius 2 is 1.48 bits per heavy atom. The third-order valence-corrected chi connectivity index (χ3v) is 21.6. The molecule has 0 radical (unpaired) electrons. The quantitative estimate of drug-likeness (QED) is 0.0248. The van der Waals surface area contributed by atoms with Crippen molar-refractivity contribution >= 4 is 78.2 Å². The molecule has 0 saturated carbocycles. The van der Waals surface area contributed by atoms with Gasteiger partial charge in [0.1, 0.15) is 10.9 Å². The molecule has 9 rings (SSSR count). The number of allylic oxidation sites excluding steroid dienone is 2. The summed E-state index contributed by atoms with van der Waals surface area (Å²) in [6, 6.07) is 21.5. The highest BCUT2D eigenvalue weighted by atomic mass is 32.2. The lowest BCUT2D eigenvalue weighted by Gasteiger charge is -2.39. The molecule has 3 fully saturated rings. The maximum atomic E-state index is 14.5. The van der Waals surface area contributed by atoms with Crippen LogP contribution >= 0.6 is 11.8 Å². The largest absolute Gasteiger partial charge is 0.501 e. The number of piperidine rings is 1. The topological polar surface area (TPSA) is 218 Å². The molecule has 4 aromatic rings. The number of amides is 5. The van der Waals surface area contributed by atoms with Gasteiger partial charge in [0.05, 0.1) is 21.7 Å². The van der Waals surface area contributed by atoms with Crippen molar-refractivity contribution < 1.29 is 54.0 Å². The average Bonchev–Trinajstić information content (AvgIpc) is 1.86. The third kappa shape index (κ3) is 16.7. The van der Waals surface area contributed by atoms with Crippen LogP contribution in [0, 0.1) is 5.41 Å². The summed E-state index contributed by atoms with van der Waals surface area (Å²) < 4.78 is 99.8. The predicted octanol–water partition coefficient (Wildman–Crippen LogP) is 9.74. The summed E-state index contributed by atoms with van der Waals surface area (Å²) in [6.45, 7) is 20.3. The van der Waals surface area contributed by atoms with Crippen molar-refractivity contribution in [2.75, 3.05) is 99.8 Å². The van der Waals surface area contributed by atoms with E-state index in [1.807, 2.05) is 35.1 Å². The fraction of sp³-hybridized carbons (Fsp3) is 0.492. The van der Waals surface area contributed by atoms with E-state index >= 15 is 0 Å². The Morgan fingerprint density at radius 1 is 0.787 bits per heavy atom. The summed E-state index contributed by atoms with van der Waals surface area (Å²) in [5.74, 6) is -2.96. The average molecular weight is 1290 g/mol. The Bertz CT molecular complexity index is 3520. The maximum absolute atomic E-state index is 14.5. The molecule has 4 aromatic carbocycles. The summed E-state index contributed by atoms with van der Waals surface area (Å²) in [5, 5.41) is 8.56. The molecule has 1 aliphatic carbocycles. The van der Waals surface area contributed by atoms with Crippen molar-refractivity contribution in [1.29, 1.82) is 0 Å². The zero-order valence-corrected chi connectivity index (χ0v) is 53.4. The van der Waals surface area contributed by atoms with Gasteiger partial charge < -0.3 is 25.3 Å². The van der Waals surface area contributed by atoms with Crippen molar-refractivity contribution in [3.05, 3.63) is 131 Å². The van der Waals surface area contributed by atoms with Gasteiger partial charge in [-0.05, 0) is 142 Å². The van der Waals surface area contributed by atoms with E-state index in [1.54, 1.807) is 30.3 Å². The van der Waals surface area contributed by atoms with Gasteiger partial charge in [-0.2, -0.15) is 13.2 Å². The van der Waals surface area contributed by atoms with Crippen LogP contribution in [0.25, 0.3) is 0 Å². The molecular weight excluding hydrogens is 1200 g/mol. The fourth-order valence-corrected chi connectivity index (χ4v) is 15.3. The van der Waals surface area contributed by atoms with Crippen LogP contribution in [-0.2, 0) is 29.4 Å². The van der Waals surface area contributed by atoms with Gasteiger partial charge in [0.25, 0.3) is 37.6 Å². The second-order valence-electron chi connectivity index (χ2n) is 24.6. The number of sulfonamides is 1. The van der Waals surface area contributed by atoms with Crippen molar-refractivity contribution in [1.82, 2.24) is 29.6 Å². The summed E-state index contributed by atoms with van der Waals surface area (Å²) in [5.41, 5.74) is -0.0190. The molecule has 5 amide bonds. The Labute approximate surface area is 525 Å². The lowest BCUT2D eigenvalue weighted by atomic mass is 9.72. The number of sulfone groups is 1. The van der Waals surface area contributed by atoms with Crippen LogP contribution in [0.1, 0.15) is 129 Å². The van der Waals surface area contributed by atoms with E-state index < -0.39 is 82.5 Å². The van der Waals surface area contributed by atoms with Gasteiger partial charge in [-0.3, -0.25) is 39.1 Å². The number of anilines is 3. The number of imide groups is 2. The number of benzene rings is 4. The highest BCUT2D eigenvalue weighted by Crippen LogP contribution is 2.43. The predicted molar refractivity (Wildman–Crippen MR) is 340 cm³/mol. The minimum atomic E-state index is -6.13. The Hall–Kier alpha value is -6.57. The van der Waals surface area contributed by atoms with Crippen LogP contribution in [0.2, 0.25) is 0 Å². The van der Waals surface area contributed by atoms with Crippen molar-refractivity contribution in [2.45, 2.75) is 130 Å². The van der Waals surface area contributed by atoms with Crippen LogP contribution < -0.4 is 25.6 Å². The molecule has 4 heterocycles. The molecule has 0 aromatic heterocycles. The van der Waals surface area contributed by atoms with E-state index in [9.17, 15) is 54.0 Å². The number of nitrogens with one attached hydrogen (secondary N) is 4. The van der Waals surface area contributed by atoms with Gasteiger partial charge in [-0.1, -0.05) is 75.6 Å². The molecule has 1 unspecified atom stereocenters. The lowest BCUT2D eigenvalue weighted by Crippen LogP contribution is -2.54. The third-order valence-electron chi connectivity index (χ3n) is 17.6. The number of thioether (sulfide) groups is 1. The van der Waals surface area contributed by atoms with Gasteiger partial charge in [-0.15, -0.1) is 11.8 Å². The molecule has 5 aliphatic rings. The van der Waals surface area contributed by atoms with Crippen molar-refractivity contribution in [3.8, 4) is 0 Å². The molecule has 0 spiro atoms. The SMILES string of the molecule is C=C(CCCC)C1=C(CN2CCN(c3ccc(C(=O)NS(=O)(=O)c4ccc(N[C@H](CCN5CCN(CCCCCNc6cccc7c6C(=O)N(C6CCC(=O)NC6=O)C7=O)CC5)CSc5ccccc5)c(S(=O)(=O)C(F)(F)F)c4)cc3)CC2)CCC(C)(C)C1. The minimum absolute atomic E-state index is 0.0141. The molecule has 3 saturated heterocycles. The van der Waals surface area contributed by atoms with E-state index in [2.05, 4.69) is 62.9 Å². The highest BCUT2D eigenvalue weighted by molar-refractivity contribution is 7.99. The van der Waals surface area contributed by atoms with Gasteiger partial charge in [0, 0.05) is 112 Å². The van der Waals surface area contributed by atoms with Crippen LogP contribution in [0.3, 0.4) is 0 Å². The summed E-state index contributed by atoms with van der Waals surface area (Å²) in [4.78, 5) is 73.5. The van der Waals surface area contributed by atoms with Crippen LogP contribution in [0.15, 0.2) is 129 Å². The first-order valence-electron chi connectivity index (χ1n) is 30.9. The number of hydrogen-bond acceptors (Lipinski definition) is 16. The Morgan fingerprint density at radius 3 is 2.17 bits per heavy atom. The number of carbonyl (C=O) groups excluding carboxylic acids is 5. The molecule has 24 heteroatoms. The van der Waals surface area contributed by atoms with Crippen LogP contribution in [0.5, 0.6) is 0 Å². The normalized spacial score (nSPS) is 19.3. The first-order valence-corrected chi connectivity index (χ1v) is 34.8. The second-order valence-corrected chi connectivity index (χ2v) is 29.3. The van der Waals surface area contributed by atoms with Crippen LogP contribution in [0.4, 0.5) is 30.2 Å². The van der Waals surface area contributed by atoms with E-state index in [-0.39, 0.29) is 34.9 Å². The van der Waals surface area contributed by atoms with Crippen LogP contribution in [-0.4, -0.2) is 168 Å². The number of carbonyl (C=O) groups is 5. The summed E-state index contributed by atoms with van der Waals surface area (Å²) >= 11 is 1.44. The first kappa shape index (κ1) is 66.8. The number of alkyl halides is 3. The monoisotopic (exact) mass is 1290 g/mol. The van der Waals surface area contributed by atoms with E-state index in [1.165, 1.54) is 40.6 Å². The standard InChI is InChI=1S/C65H82F3N9O9S3/c1-5-6-14-45(2)53-42-64(3,4)29-27-47(53)43-75-37-39-76(40-38-75)49-21-19-46(20-22-49)60(79)72-89(85,86)51-23-24-54(57(41-51)88(83,84)65(66,67)68)70-48(44-87-50-15-9-7-10-16-50)28-32-74-35-33-73(34-36-74)31-12-8-11-30-69-55-18-13-17-52-59(55)63(82)77(62(52)81)56-25-26-58(78)71-61(56)80/h7,9-10,13,15-24,41,48,56,69-70H,2,5-6,8,11-12,14,25-40,42-44H2,1,3-4H3,(H,72,79)(H,71,78,80)/t48-,56?/m1/s1. The molecule has 89 heavy (non-hydrogen) atoms. The molecule has 2 atom stereocenters. The zero-order chi connectivity index (χ0) is 63.7. The number of nitrogens with zero attached hydrogens (tertiary/aromatic N) is 5. The minimum Gasteiger partial charge on any atom is -0.384 e. The molecule has 18 nitrogen and oxygen atoms in total. The smallest absolute Gasteiger partial charge is 0.384 e. The van der Waals surface area contributed by atoms with Crippen molar-refractivity contribution in [3.63, 3.8) is 0 Å². The summed E-state index contributed by atoms with van der Waals surface area (Å²) in [7, 11) is -11.0. The first-order chi connectivity index (χ1) is 42.4. The van der Waals surface area contributed by atoms with E-state index in [0.717, 1.165) is 138 Å². The number of piperazine rings is 2. The highest BCUT2D eigenvalue weighted by Gasteiger charge is 2.49. The van der Waals surface area contributed by atoms with Gasteiger partial charge in [0.2, 0.25) is 11.8 Å². The van der Waals surface area contributed by atoms with Crippen molar-refractivity contribution in [2.24, 2.45) is 5.41 Å². The zero-order valence-electron chi connectivity index (χ0n) is 51.0. The molecule has 4 aliphatic heterocycles. The molecular formula is C65H82F3N9O9S3. The van der Waals surface area contributed by atoms with Gasteiger partial charge in [-0.25, -0.2) is 21.6 Å². The van der Waals surface area contributed by atoms with Gasteiger partial charge in [0.15, 0.2) is 0 Å². The Balaban J connectivity index is 0.771. The molecule has 0 bridgehead atoms. The summed E-state index contributed by atoms with van der Waals surface area (Å²) in [6.07, 6.45) is 9.57. The number of halogens is 3. The maximum Gasteiger partial charge on any atom is 0.501 e. The number of fused-ring (bicyclic) bond motifs is 1. The van der Waals surface area contributed by atoms with E-state index in [0.29, 0.717) is 50.1 Å². The number of unbranched alkanes of at least 4 members (excludes halogenated alkanes) is 3. The molecule has 480 valence electrons.